The van der Waals surface area contributed by atoms with Crippen LogP contribution in [0.15, 0.2) is 24.3 Å². The molecule has 1 unspecified atom stereocenters. The molecule has 2 heteroatoms. The molecule has 1 aromatic rings. The number of fused-ring (bicyclic) bond motifs is 1. The first-order valence-electron chi connectivity index (χ1n) is 8.12. The number of likely N-dealkylation sites (N-methyl/N-ethyl adjacent to an activating group) is 1. The summed E-state index contributed by atoms with van der Waals surface area (Å²) in [6, 6.07) is 9.42. The largest absolute Gasteiger partial charge is 0.308 e. The van der Waals surface area contributed by atoms with Crippen LogP contribution < -0.4 is 5.32 Å². The van der Waals surface area contributed by atoms with Crippen molar-refractivity contribution in [3.05, 3.63) is 35.4 Å². The average Bonchev–Trinajstić information content (AvgIpc) is 2.68. The lowest BCUT2D eigenvalue weighted by atomic mass is 9.85. The van der Waals surface area contributed by atoms with E-state index in [0.29, 0.717) is 11.5 Å². The molecule has 0 amide bonds. The van der Waals surface area contributed by atoms with E-state index >= 15 is 0 Å². The molecule has 1 aliphatic carbocycles. The molecule has 112 valence electrons. The zero-order chi connectivity index (χ0) is 14.6. The highest BCUT2D eigenvalue weighted by Crippen LogP contribution is 2.44. The monoisotopic (exact) mass is 274 g/mol. The van der Waals surface area contributed by atoms with Crippen LogP contribution in [0.1, 0.15) is 51.3 Å². The molecule has 0 aliphatic heterocycles. The molecule has 1 N–H and O–H groups in total. The highest BCUT2D eigenvalue weighted by atomic mass is 15.1. The quantitative estimate of drug-likeness (QED) is 0.817. The fourth-order valence-corrected chi connectivity index (χ4v) is 3.49. The first-order chi connectivity index (χ1) is 9.58. The third-order valence-corrected chi connectivity index (χ3v) is 4.56. The Hall–Kier alpha value is -0.860. The lowest BCUT2D eigenvalue weighted by Gasteiger charge is -2.30. The number of hydrogen-bond acceptors (Lipinski definition) is 2. The average molecular weight is 274 g/mol. The van der Waals surface area contributed by atoms with Crippen molar-refractivity contribution >= 4 is 0 Å². The van der Waals surface area contributed by atoms with Crippen LogP contribution in [0, 0.1) is 5.41 Å². The lowest BCUT2D eigenvalue weighted by Crippen LogP contribution is -2.37. The van der Waals surface area contributed by atoms with Gasteiger partial charge in [0.2, 0.25) is 0 Å². The maximum atomic E-state index is 3.81. The van der Waals surface area contributed by atoms with Crippen LogP contribution in [-0.4, -0.2) is 31.1 Å². The van der Waals surface area contributed by atoms with E-state index < -0.39 is 0 Å². The van der Waals surface area contributed by atoms with Crippen molar-refractivity contribution in [2.45, 2.75) is 46.6 Å². The van der Waals surface area contributed by atoms with Gasteiger partial charge in [-0.15, -0.1) is 0 Å². The molecule has 0 bridgehead atoms. The molecule has 0 heterocycles. The Morgan fingerprint density at radius 3 is 2.65 bits per heavy atom. The summed E-state index contributed by atoms with van der Waals surface area (Å²) in [6.45, 7) is 13.9. The van der Waals surface area contributed by atoms with Gasteiger partial charge in [0.15, 0.2) is 0 Å². The zero-order valence-electron chi connectivity index (χ0n) is 13.6. The normalized spacial score (nSPS) is 20.4. The molecule has 1 aliphatic rings. The van der Waals surface area contributed by atoms with E-state index in [1.54, 1.807) is 0 Å². The van der Waals surface area contributed by atoms with Crippen molar-refractivity contribution in [3.8, 4) is 0 Å². The number of rotatable bonds is 7. The van der Waals surface area contributed by atoms with E-state index in [9.17, 15) is 0 Å². The summed E-state index contributed by atoms with van der Waals surface area (Å²) in [5, 5.41) is 3.81. The highest BCUT2D eigenvalue weighted by Gasteiger charge is 2.38. The Morgan fingerprint density at radius 2 is 1.95 bits per heavy atom. The molecule has 1 atom stereocenters. The van der Waals surface area contributed by atoms with Crippen molar-refractivity contribution in [2.75, 3.05) is 26.2 Å². The van der Waals surface area contributed by atoms with Crippen molar-refractivity contribution < 1.29 is 0 Å². The third-order valence-electron chi connectivity index (χ3n) is 4.56. The van der Waals surface area contributed by atoms with Gasteiger partial charge in [-0.05, 0) is 42.5 Å². The van der Waals surface area contributed by atoms with E-state index in [1.807, 2.05) is 0 Å². The van der Waals surface area contributed by atoms with E-state index in [0.717, 1.165) is 19.6 Å². The van der Waals surface area contributed by atoms with Gasteiger partial charge in [-0.1, -0.05) is 52.0 Å². The number of hydrogen-bond donors (Lipinski definition) is 1. The fraction of sp³-hybridized carbons (Fsp3) is 0.667. The number of nitrogens with one attached hydrogen (secondary N) is 1. The Kier molecular flexibility index (Phi) is 5.22. The Morgan fingerprint density at radius 1 is 1.20 bits per heavy atom. The standard InChI is InChI=1S/C18H30N2/c1-5-12-20(6-2)13-11-19-17-16-10-8-7-9-15(16)14-18(17,3)4/h7-10,17,19H,5-6,11-14H2,1-4H3. The van der Waals surface area contributed by atoms with Gasteiger partial charge < -0.3 is 10.2 Å². The Labute approximate surface area is 124 Å². The smallest absolute Gasteiger partial charge is 0.0378 e. The maximum absolute atomic E-state index is 3.81. The van der Waals surface area contributed by atoms with Gasteiger partial charge in [0.05, 0.1) is 0 Å². The minimum absolute atomic E-state index is 0.325. The SMILES string of the molecule is CCCN(CC)CCNC1c2ccccc2CC1(C)C. The molecule has 0 saturated heterocycles. The summed E-state index contributed by atoms with van der Waals surface area (Å²) >= 11 is 0. The predicted octanol–water partition coefficient (Wildman–Crippen LogP) is 3.63. The van der Waals surface area contributed by atoms with Gasteiger partial charge in [-0.2, -0.15) is 0 Å². The number of nitrogens with zero attached hydrogens (tertiary/aromatic N) is 1. The summed E-state index contributed by atoms with van der Waals surface area (Å²) in [7, 11) is 0. The van der Waals surface area contributed by atoms with Gasteiger partial charge in [0.1, 0.15) is 0 Å². The van der Waals surface area contributed by atoms with Gasteiger partial charge in [-0.25, -0.2) is 0 Å². The molecule has 0 fully saturated rings. The van der Waals surface area contributed by atoms with E-state index in [4.69, 9.17) is 0 Å². The molecule has 0 radical (unpaired) electrons. The summed E-state index contributed by atoms with van der Waals surface area (Å²) in [6.07, 6.45) is 2.43. The third kappa shape index (κ3) is 3.42. The molecule has 2 nitrogen and oxygen atoms in total. The summed E-state index contributed by atoms with van der Waals surface area (Å²) in [4.78, 5) is 2.53. The molecule has 20 heavy (non-hydrogen) atoms. The van der Waals surface area contributed by atoms with Gasteiger partial charge in [-0.3, -0.25) is 0 Å². The van der Waals surface area contributed by atoms with Crippen molar-refractivity contribution in [1.82, 2.24) is 10.2 Å². The van der Waals surface area contributed by atoms with E-state index in [1.165, 1.54) is 30.5 Å². The van der Waals surface area contributed by atoms with Crippen molar-refractivity contribution in [1.29, 1.82) is 0 Å². The van der Waals surface area contributed by atoms with Crippen LogP contribution in [0.4, 0.5) is 0 Å². The summed E-state index contributed by atoms with van der Waals surface area (Å²) in [5.74, 6) is 0. The van der Waals surface area contributed by atoms with Gasteiger partial charge in [0.25, 0.3) is 0 Å². The fourth-order valence-electron chi connectivity index (χ4n) is 3.49. The molecule has 0 aromatic heterocycles. The Bertz CT molecular complexity index is 425. The van der Waals surface area contributed by atoms with Crippen LogP contribution in [-0.2, 0) is 6.42 Å². The molecule has 1 aromatic carbocycles. The van der Waals surface area contributed by atoms with Crippen LogP contribution in [0.2, 0.25) is 0 Å². The Balaban J connectivity index is 1.95. The summed E-state index contributed by atoms with van der Waals surface area (Å²) < 4.78 is 0. The summed E-state index contributed by atoms with van der Waals surface area (Å²) in [5.41, 5.74) is 3.36. The highest BCUT2D eigenvalue weighted by molar-refractivity contribution is 5.37. The second-order valence-electron chi connectivity index (χ2n) is 6.69. The topological polar surface area (TPSA) is 15.3 Å². The molecule has 0 saturated carbocycles. The van der Waals surface area contributed by atoms with Gasteiger partial charge >= 0.3 is 0 Å². The van der Waals surface area contributed by atoms with Crippen LogP contribution in [0.3, 0.4) is 0 Å². The first-order valence-corrected chi connectivity index (χ1v) is 8.12. The van der Waals surface area contributed by atoms with Crippen LogP contribution in [0.25, 0.3) is 0 Å². The van der Waals surface area contributed by atoms with Crippen molar-refractivity contribution in [3.63, 3.8) is 0 Å². The lowest BCUT2D eigenvalue weighted by molar-refractivity contribution is 0.240. The van der Waals surface area contributed by atoms with E-state index in [2.05, 4.69) is 62.2 Å². The molecule has 0 spiro atoms. The molecule has 2 rings (SSSR count). The predicted molar refractivity (Wildman–Crippen MR) is 87.1 cm³/mol. The first kappa shape index (κ1) is 15.5. The second-order valence-corrected chi connectivity index (χ2v) is 6.69. The second kappa shape index (κ2) is 6.73. The van der Waals surface area contributed by atoms with Crippen molar-refractivity contribution in [2.24, 2.45) is 5.41 Å². The van der Waals surface area contributed by atoms with Crippen LogP contribution >= 0.6 is 0 Å². The zero-order valence-corrected chi connectivity index (χ0v) is 13.6. The van der Waals surface area contributed by atoms with Crippen LogP contribution in [0.5, 0.6) is 0 Å². The number of benzene rings is 1. The van der Waals surface area contributed by atoms with Gasteiger partial charge in [0, 0.05) is 19.1 Å². The minimum atomic E-state index is 0.325. The molecular formula is C18H30N2. The maximum Gasteiger partial charge on any atom is 0.0378 e. The van der Waals surface area contributed by atoms with E-state index in [-0.39, 0.29) is 0 Å². The molecular weight excluding hydrogens is 244 g/mol. The minimum Gasteiger partial charge on any atom is -0.308 e.